The van der Waals surface area contributed by atoms with Crippen molar-refractivity contribution in [1.82, 2.24) is 0 Å². The van der Waals surface area contributed by atoms with Crippen molar-refractivity contribution in [2.75, 3.05) is 5.32 Å². The minimum Gasteiger partial charge on any atom is -0.409 e. The Bertz CT molecular complexity index is 420. The standard InChI is InChI=1S/C10H12BrN3O2/c1-6(9(12)14-16)10(15)13-8-4-2-3-7(11)5-8/h2-6,16H,1H3,(H2,12,14)(H,13,15). The normalized spacial score (nSPS) is 13.2. The molecule has 1 aromatic rings. The molecule has 0 fully saturated rings. The van der Waals surface area contributed by atoms with E-state index in [1.54, 1.807) is 25.1 Å². The number of rotatable bonds is 3. The Morgan fingerprint density at radius 1 is 1.62 bits per heavy atom. The van der Waals surface area contributed by atoms with Gasteiger partial charge in [-0.15, -0.1) is 0 Å². The van der Waals surface area contributed by atoms with E-state index in [9.17, 15) is 4.79 Å². The molecule has 0 aliphatic heterocycles. The van der Waals surface area contributed by atoms with E-state index in [2.05, 4.69) is 26.4 Å². The predicted molar refractivity (Wildman–Crippen MR) is 65.3 cm³/mol. The second-order valence-electron chi connectivity index (χ2n) is 3.25. The third-order valence-electron chi connectivity index (χ3n) is 2.04. The number of amides is 1. The van der Waals surface area contributed by atoms with E-state index in [4.69, 9.17) is 10.9 Å². The molecule has 0 saturated carbocycles. The summed E-state index contributed by atoms with van der Waals surface area (Å²) in [7, 11) is 0. The molecule has 1 unspecified atom stereocenters. The monoisotopic (exact) mass is 285 g/mol. The van der Waals surface area contributed by atoms with Crippen molar-refractivity contribution < 1.29 is 10.0 Å². The summed E-state index contributed by atoms with van der Waals surface area (Å²) in [6.45, 7) is 1.56. The number of carbonyl (C=O) groups is 1. The fraction of sp³-hybridized carbons (Fsp3) is 0.200. The van der Waals surface area contributed by atoms with Crippen LogP contribution in [0.3, 0.4) is 0 Å². The van der Waals surface area contributed by atoms with Crippen LogP contribution >= 0.6 is 15.9 Å². The Morgan fingerprint density at radius 3 is 2.88 bits per heavy atom. The second kappa shape index (κ2) is 5.50. The molecular weight excluding hydrogens is 274 g/mol. The van der Waals surface area contributed by atoms with Gasteiger partial charge in [0.25, 0.3) is 0 Å². The molecule has 4 N–H and O–H groups in total. The zero-order chi connectivity index (χ0) is 12.1. The summed E-state index contributed by atoms with van der Waals surface area (Å²) < 4.78 is 0.863. The molecule has 1 rings (SSSR count). The summed E-state index contributed by atoms with van der Waals surface area (Å²) in [4.78, 5) is 11.6. The molecule has 0 aliphatic rings. The average molecular weight is 286 g/mol. The number of hydrogen-bond acceptors (Lipinski definition) is 3. The molecule has 1 amide bonds. The van der Waals surface area contributed by atoms with Gasteiger partial charge >= 0.3 is 0 Å². The van der Waals surface area contributed by atoms with E-state index >= 15 is 0 Å². The predicted octanol–water partition coefficient (Wildman–Crippen LogP) is 1.77. The van der Waals surface area contributed by atoms with Gasteiger partial charge in [0.05, 0.1) is 5.92 Å². The third-order valence-corrected chi connectivity index (χ3v) is 2.54. The fourth-order valence-corrected chi connectivity index (χ4v) is 1.44. The summed E-state index contributed by atoms with van der Waals surface area (Å²) in [5, 5.41) is 13.9. The maximum atomic E-state index is 11.6. The van der Waals surface area contributed by atoms with Gasteiger partial charge in [0.2, 0.25) is 5.91 Å². The van der Waals surface area contributed by atoms with Crippen molar-refractivity contribution in [3.8, 4) is 0 Å². The van der Waals surface area contributed by atoms with Gasteiger partial charge in [-0.05, 0) is 25.1 Å². The van der Waals surface area contributed by atoms with Gasteiger partial charge in [0.15, 0.2) is 5.84 Å². The Balaban J connectivity index is 2.72. The zero-order valence-electron chi connectivity index (χ0n) is 8.64. The Labute approximate surface area is 101 Å². The van der Waals surface area contributed by atoms with E-state index in [1.807, 2.05) is 6.07 Å². The van der Waals surface area contributed by atoms with Crippen molar-refractivity contribution in [1.29, 1.82) is 0 Å². The van der Waals surface area contributed by atoms with Gasteiger partial charge in [-0.3, -0.25) is 4.79 Å². The SMILES string of the molecule is CC(C(=O)Nc1cccc(Br)c1)C(N)=NO. The molecule has 0 aliphatic carbocycles. The highest BCUT2D eigenvalue weighted by atomic mass is 79.9. The van der Waals surface area contributed by atoms with Gasteiger partial charge in [-0.25, -0.2) is 0 Å². The summed E-state index contributed by atoms with van der Waals surface area (Å²) in [5.74, 6) is -1.12. The Morgan fingerprint density at radius 2 is 2.31 bits per heavy atom. The van der Waals surface area contributed by atoms with Crippen LogP contribution in [0.4, 0.5) is 5.69 Å². The third kappa shape index (κ3) is 3.23. The summed E-state index contributed by atoms with van der Waals surface area (Å²) in [6.07, 6.45) is 0. The van der Waals surface area contributed by atoms with E-state index < -0.39 is 5.92 Å². The lowest BCUT2D eigenvalue weighted by atomic mass is 10.1. The molecular formula is C10H12BrN3O2. The summed E-state index contributed by atoms with van der Waals surface area (Å²) >= 11 is 3.29. The topological polar surface area (TPSA) is 87.7 Å². The van der Waals surface area contributed by atoms with Crippen LogP contribution in [0.15, 0.2) is 33.9 Å². The number of halogens is 1. The largest absolute Gasteiger partial charge is 0.409 e. The zero-order valence-corrected chi connectivity index (χ0v) is 10.2. The van der Waals surface area contributed by atoms with Crippen molar-refractivity contribution in [2.45, 2.75) is 6.92 Å². The van der Waals surface area contributed by atoms with Gasteiger partial charge < -0.3 is 16.3 Å². The van der Waals surface area contributed by atoms with Crippen LogP contribution < -0.4 is 11.1 Å². The highest BCUT2D eigenvalue weighted by molar-refractivity contribution is 9.10. The average Bonchev–Trinajstić information content (AvgIpc) is 2.27. The van der Waals surface area contributed by atoms with Crippen molar-refractivity contribution in [3.05, 3.63) is 28.7 Å². The molecule has 0 radical (unpaired) electrons. The number of oxime groups is 1. The highest BCUT2D eigenvalue weighted by Gasteiger charge is 2.17. The fourth-order valence-electron chi connectivity index (χ4n) is 1.04. The first-order valence-corrected chi connectivity index (χ1v) is 5.37. The first-order chi connectivity index (χ1) is 7.54. The van der Waals surface area contributed by atoms with Crippen LogP contribution in [0.5, 0.6) is 0 Å². The number of carbonyl (C=O) groups excluding carboxylic acids is 1. The molecule has 0 aromatic heterocycles. The Kier molecular flexibility index (Phi) is 4.30. The Hall–Kier alpha value is -1.56. The maximum absolute atomic E-state index is 11.6. The van der Waals surface area contributed by atoms with Gasteiger partial charge in [-0.1, -0.05) is 27.2 Å². The number of benzene rings is 1. The minimum absolute atomic E-state index is 0.118. The first-order valence-electron chi connectivity index (χ1n) is 4.58. The lowest BCUT2D eigenvalue weighted by Crippen LogP contribution is -2.32. The van der Waals surface area contributed by atoms with Crippen LogP contribution in [0.2, 0.25) is 0 Å². The van der Waals surface area contributed by atoms with Crippen LogP contribution in [0, 0.1) is 5.92 Å². The van der Waals surface area contributed by atoms with Crippen molar-refractivity contribution in [3.63, 3.8) is 0 Å². The number of nitrogens with two attached hydrogens (primary N) is 1. The van der Waals surface area contributed by atoms with E-state index in [0.29, 0.717) is 5.69 Å². The molecule has 0 saturated heterocycles. The van der Waals surface area contributed by atoms with Gasteiger partial charge in [-0.2, -0.15) is 0 Å². The van der Waals surface area contributed by atoms with Crippen LogP contribution in [0.25, 0.3) is 0 Å². The smallest absolute Gasteiger partial charge is 0.234 e. The maximum Gasteiger partial charge on any atom is 0.234 e. The molecule has 16 heavy (non-hydrogen) atoms. The summed E-state index contributed by atoms with van der Waals surface area (Å²) in [6, 6.07) is 7.16. The number of nitrogens with zero attached hydrogens (tertiary/aromatic N) is 1. The number of hydrogen-bond donors (Lipinski definition) is 3. The first kappa shape index (κ1) is 12.5. The molecule has 0 heterocycles. The molecule has 0 spiro atoms. The summed E-state index contributed by atoms with van der Waals surface area (Å²) in [5.41, 5.74) is 5.98. The molecule has 1 aromatic carbocycles. The van der Waals surface area contributed by atoms with Crippen LogP contribution in [-0.4, -0.2) is 17.0 Å². The lowest BCUT2D eigenvalue weighted by Gasteiger charge is -2.10. The molecule has 1 atom stereocenters. The molecule has 86 valence electrons. The van der Waals surface area contributed by atoms with Gasteiger partial charge in [0, 0.05) is 10.2 Å². The minimum atomic E-state index is -0.677. The number of nitrogens with one attached hydrogen (secondary N) is 1. The van der Waals surface area contributed by atoms with Crippen LogP contribution in [0.1, 0.15) is 6.92 Å². The lowest BCUT2D eigenvalue weighted by molar-refractivity contribution is -0.117. The number of amidine groups is 1. The molecule has 6 heteroatoms. The van der Waals surface area contributed by atoms with Crippen molar-refractivity contribution in [2.24, 2.45) is 16.8 Å². The highest BCUT2D eigenvalue weighted by Crippen LogP contribution is 2.16. The second-order valence-corrected chi connectivity index (χ2v) is 4.16. The van der Waals surface area contributed by atoms with E-state index in [-0.39, 0.29) is 11.7 Å². The van der Waals surface area contributed by atoms with Crippen LogP contribution in [-0.2, 0) is 4.79 Å². The van der Waals surface area contributed by atoms with E-state index in [0.717, 1.165) is 4.47 Å². The number of anilines is 1. The van der Waals surface area contributed by atoms with Gasteiger partial charge in [0.1, 0.15) is 0 Å². The molecule has 0 bridgehead atoms. The van der Waals surface area contributed by atoms with Crippen molar-refractivity contribution >= 4 is 33.4 Å². The van der Waals surface area contributed by atoms with E-state index in [1.165, 1.54) is 0 Å². The quantitative estimate of drug-likeness (QED) is 0.342. The molecule has 5 nitrogen and oxygen atoms in total.